The van der Waals surface area contributed by atoms with Gasteiger partial charge in [0.2, 0.25) is 0 Å². The monoisotopic (exact) mass is 441 g/mol. The van der Waals surface area contributed by atoms with Gasteiger partial charge in [0, 0.05) is 31.6 Å². The highest BCUT2D eigenvalue weighted by Gasteiger charge is 2.27. The number of nitrogens with zero attached hydrogens (tertiary/aromatic N) is 6. The lowest BCUT2D eigenvalue weighted by molar-refractivity contribution is 0.0624. The number of carbonyl (C=O) groups is 1. The van der Waals surface area contributed by atoms with Crippen molar-refractivity contribution in [2.75, 3.05) is 31.9 Å². The molecule has 0 unspecified atom stereocenters. The Bertz CT molecular complexity index is 1310. The number of carbonyl (C=O) groups excluding carboxylic acids is 1. The van der Waals surface area contributed by atoms with E-state index in [0.29, 0.717) is 36.8 Å². The van der Waals surface area contributed by atoms with E-state index in [-0.39, 0.29) is 5.91 Å². The topological polar surface area (TPSA) is 93.2 Å². The second-order valence-electron chi connectivity index (χ2n) is 8.40. The van der Waals surface area contributed by atoms with Crippen molar-refractivity contribution in [2.24, 2.45) is 0 Å². The molecule has 0 radical (unpaired) electrons. The number of aryl methyl sites for hydroxylation is 1. The van der Waals surface area contributed by atoms with Gasteiger partial charge in [-0.2, -0.15) is 5.10 Å². The zero-order chi connectivity index (χ0) is 22.9. The molecule has 2 aromatic heterocycles. The summed E-state index contributed by atoms with van der Waals surface area (Å²) in [7, 11) is 0. The highest BCUT2D eigenvalue weighted by atomic mass is 16.2. The maximum Gasteiger partial charge on any atom is 0.257 e. The minimum absolute atomic E-state index is 0.0398. The number of hydrogen-bond acceptors (Lipinski definition) is 6. The molecular weight excluding hydrogens is 414 g/mol. The van der Waals surface area contributed by atoms with E-state index in [1.807, 2.05) is 78.0 Å². The molecule has 1 aliphatic heterocycles. The van der Waals surface area contributed by atoms with Gasteiger partial charge in [0.1, 0.15) is 11.6 Å². The van der Waals surface area contributed by atoms with Crippen LogP contribution in [0.15, 0.2) is 54.6 Å². The molecule has 0 atom stereocenters. The van der Waals surface area contributed by atoms with Crippen molar-refractivity contribution in [3.8, 4) is 5.69 Å². The number of rotatable bonds is 4. The molecule has 1 amide bonds. The number of benzene rings is 2. The third-order valence-electron chi connectivity index (χ3n) is 6.21. The van der Waals surface area contributed by atoms with Gasteiger partial charge in [-0.05, 0) is 38.1 Å². The summed E-state index contributed by atoms with van der Waals surface area (Å²) in [6.07, 6.45) is 0. The molecule has 1 fully saturated rings. The Morgan fingerprint density at radius 3 is 2.39 bits per heavy atom. The first kappa shape index (κ1) is 21.1. The van der Waals surface area contributed by atoms with Gasteiger partial charge in [-0.25, -0.2) is 14.6 Å². The first-order valence-corrected chi connectivity index (χ1v) is 11.2. The van der Waals surface area contributed by atoms with Crippen LogP contribution in [0.25, 0.3) is 16.6 Å². The molecule has 4 aromatic rings. The predicted molar refractivity (Wildman–Crippen MR) is 128 cm³/mol. The van der Waals surface area contributed by atoms with Gasteiger partial charge in [-0.15, -0.1) is 0 Å². The number of piperazine rings is 1. The molecule has 0 aliphatic carbocycles. The van der Waals surface area contributed by atoms with Crippen LogP contribution in [0.5, 0.6) is 0 Å². The van der Waals surface area contributed by atoms with Crippen LogP contribution in [0.2, 0.25) is 0 Å². The van der Waals surface area contributed by atoms with E-state index >= 15 is 0 Å². The third-order valence-corrected chi connectivity index (χ3v) is 6.21. The summed E-state index contributed by atoms with van der Waals surface area (Å²) >= 11 is 0. The van der Waals surface area contributed by atoms with Crippen LogP contribution >= 0.6 is 0 Å². The first-order chi connectivity index (χ1) is 16.0. The molecule has 8 nitrogen and oxygen atoms in total. The van der Waals surface area contributed by atoms with Crippen LogP contribution in [-0.4, -0.2) is 61.6 Å². The van der Waals surface area contributed by atoms with Crippen molar-refractivity contribution in [3.05, 3.63) is 77.4 Å². The number of anilines is 1. The number of fused-ring (bicyclic) bond motifs is 1. The number of amides is 1. The normalized spacial score (nSPS) is 14.7. The van der Waals surface area contributed by atoms with E-state index < -0.39 is 0 Å². The number of nitrogens with two attached hydrogens (primary N) is 1. The van der Waals surface area contributed by atoms with Gasteiger partial charge in [0.05, 0.1) is 34.7 Å². The molecule has 5 rings (SSSR count). The Morgan fingerprint density at radius 2 is 1.64 bits per heavy atom. The van der Waals surface area contributed by atoms with Gasteiger partial charge in [0.25, 0.3) is 5.91 Å². The minimum Gasteiger partial charge on any atom is -0.383 e. The maximum absolute atomic E-state index is 13.4. The van der Waals surface area contributed by atoms with Crippen molar-refractivity contribution in [1.29, 1.82) is 0 Å². The Labute approximate surface area is 192 Å². The van der Waals surface area contributed by atoms with E-state index in [2.05, 4.69) is 20.0 Å². The number of hydrogen-bond donors (Lipinski definition) is 1. The molecule has 168 valence electrons. The molecule has 1 aliphatic rings. The van der Waals surface area contributed by atoms with Crippen LogP contribution in [0.1, 0.15) is 27.6 Å². The van der Waals surface area contributed by atoms with E-state index in [0.717, 1.165) is 41.1 Å². The third kappa shape index (κ3) is 4.05. The fourth-order valence-electron chi connectivity index (χ4n) is 4.46. The molecular formula is C25H27N7O. The molecule has 1 saturated heterocycles. The predicted octanol–water partition coefficient (Wildman–Crippen LogP) is 2.97. The molecule has 0 saturated carbocycles. The molecule has 0 bridgehead atoms. The van der Waals surface area contributed by atoms with E-state index in [1.165, 1.54) is 0 Å². The summed E-state index contributed by atoms with van der Waals surface area (Å²) in [5.41, 5.74) is 10.3. The fourth-order valence-corrected chi connectivity index (χ4v) is 4.46. The Hall–Kier alpha value is -3.78. The molecule has 2 aromatic carbocycles. The lowest BCUT2D eigenvalue weighted by Crippen LogP contribution is -2.48. The minimum atomic E-state index is 0.0398. The second kappa shape index (κ2) is 8.63. The molecule has 8 heteroatoms. The number of nitrogen functional groups attached to an aromatic ring is 1. The van der Waals surface area contributed by atoms with Crippen molar-refractivity contribution in [3.63, 3.8) is 0 Å². The first-order valence-electron chi connectivity index (χ1n) is 11.2. The maximum atomic E-state index is 13.4. The summed E-state index contributed by atoms with van der Waals surface area (Å²) in [6, 6.07) is 17.7. The summed E-state index contributed by atoms with van der Waals surface area (Å²) in [5.74, 6) is 1.26. The summed E-state index contributed by atoms with van der Waals surface area (Å²) < 4.78 is 1.85. The quantitative estimate of drug-likeness (QED) is 0.523. The van der Waals surface area contributed by atoms with Crippen LogP contribution in [0.4, 0.5) is 5.82 Å². The summed E-state index contributed by atoms with van der Waals surface area (Å²) in [6.45, 7) is 7.28. The van der Waals surface area contributed by atoms with Gasteiger partial charge >= 0.3 is 0 Å². The number of para-hydroxylation sites is 2. The van der Waals surface area contributed by atoms with Crippen molar-refractivity contribution in [2.45, 2.75) is 20.4 Å². The van der Waals surface area contributed by atoms with E-state index in [1.54, 1.807) is 0 Å². The average molecular weight is 442 g/mol. The molecule has 2 N–H and O–H groups in total. The van der Waals surface area contributed by atoms with Crippen LogP contribution in [0, 0.1) is 13.8 Å². The molecule has 33 heavy (non-hydrogen) atoms. The summed E-state index contributed by atoms with van der Waals surface area (Å²) in [4.78, 5) is 26.7. The zero-order valence-corrected chi connectivity index (χ0v) is 18.9. The standard InChI is InChI=1S/C25H27N7O/c1-17-23(18(2)32(29-17)19-8-4-3-5-9-19)25(33)31-14-12-30(13-15-31)16-22-27-21-11-7-6-10-20(21)24(26)28-22/h3-11H,12-16H2,1-2H3,(H2,26,27,28). The zero-order valence-electron chi connectivity index (χ0n) is 18.9. The summed E-state index contributed by atoms with van der Waals surface area (Å²) in [5, 5.41) is 5.50. The van der Waals surface area contributed by atoms with Gasteiger partial charge < -0.3 is 10.6 Å². The van der Waals surface area contributed by atoms with Gasteiger partial charge in [-0.1, -0.05) is 30.3 Å². The number of aromatic nitrogens is 4. The van der Waals surface area contributed by atoms with Gasteiger partial charge in [-0.3, -0.25) is 9.69 Å². The lowest BCUT2D eigenvalue weighted by Gasteiger charge is -2.34. The molecule has 3 heterocycles. The van der Waals surface area contributed by atoms with Crippen LogP contribution in [-0.2, 0) is 6.54 Å². The van der Waals surface area contributed by atoms with Crippen molar-refractivity contribution >= 4 is 22.6 Å². The van der Waals surface area contributed by atoms with Crippen LogP contribution < -0.4 is 5.73 Å². The molecule has 0 spiro atoms. The van der Waals surface area contributed by atoms with Crippen molar-refractivity contribution < 1.29 is 4.79 Å². The lowest BCUT2D eigenvalue weighted by atomic mass is 10.1. The van der Waals surface area contributed by atoms with Crippen LogP contribution in [0.3, 0.4) is 0 Å². The largest absolute Gasteiger partial charge is 0.383 e. The Balaban J connectivity index is 1.27. The smallest absolute Gasteiger partial charge is 0.257 e. The highest BCUT2D eigenvalue weighted by molar-refractivity contribution is 5.96. The van der Waals surface area contributed by atoms with Crippen molar-refractivity contribution in [1.82, 2.24) is 29.5 Å². The van der Waals surface area contributed by atoms with E-state index in [4.69, 9.17) is 5.73 Å². The SMILES string of the molecule is Cc1nn(-c2ccccc2)c(C)c1C(=O)N1CCN(Cc2nc(N)c3ccccc3n2)CC1. The highest BCUT2D eigenvalue weighted by Crippen LogP contribution is 2.21. The average Bonchev–Trinajstić information content (AvgIpc) is 3.13. The van der Waals surface area contributed by atoms with E-state index in [9.17, 15) is 4.79 Å². The Kier molecular flexibility index (Phi) is 5.51. The second-order valence-corrected chi connectivity index (χ2v) is 8.40. The Morgan fingerprint density at radius 1 is 0.939 bits per heavy atom. The fraction of sp³-hybridized carbons (Fsp3) is 0.280. The van der Waals surface area contributed by atoms with Gasteiger partial charge in [0.15, 0.2) is 0 Å².